The highest BCUT2D eigenvalue weighted by Gasteiger charge is 2.35. The van der Waals surface area contributed by atoms with Gasteiger partial charge in [-0.3, -0.25) is 19.2 Å². The molecule has 10 N–H and O–H groups in total. The minimum Gasteiger partial charge on any atom is -0.368 e. The number of anilines is 5. The number of H-pyrrole nitrogens is 4. The van der Waals surface area contributed by atoms with Crippen LogP contribution in [0.2, 0.25) is 20.1 Å². The Labute approximate surface area is 647 Å². The van der Waals surface area contributed by atoms with Gasteiger partial charge in [-0.25, -0.2) is 39.3 Å². The molecule has 0 unspecified atom stereocenters. The van der Waals surface area contributed by atoms with Gasteiger partial charge in [0, 0.05) is 59.3 Å². The van der Waals surface area contributed by atoms with Crippen molar-refractivity contribution >= 4 is 163 Å². The zero-order valence-electron chi connectivity index (χ0n) is 59.8. The van der Waals surface area contributed by atoms with E-state index in [0.717, 1.165) is 113 Å². The minimum atomic E-state index is -0.721. The zero-order valence-corrected chi connectivity index (χ0v) is 62.8. The number of benzene rings is 4. The summed E-state index contributed by atoms with van der Waals surface area (Å²) in [5.74, 6) is 1.82. The molecule has 12 aromatic heterocycles. The first-order chi connectivity index (χ1) is 53.7. The SMILES string of the molecule is C[C@H](Nc1nc(N)nc2nc[nH]c12)c1cc2cccc(Cl)c2c(=O)n1C1CC1.C[C@H](Nc1ncnc2[nH]cc(F)c12)c1cc2cccc(Cl)c2c(=O)n1C1CC1.C[C@H](Nc1ncnc2[nH]ccc12)c1cc2cccc(Cl)c2c(=O)n1C1CC1.C[C@H](Nc1ncnc2nc(F)[nH]c12)c1cc2cccc(Cl)c2c(=O)n1C1CC1. The standard InChI is InChI=1S/C20H17ClFN5O.C20H18ClN5O.C19H16ClFN6O.C19H18ClN7O/c1-10(26-19-17-14(22)8-23-18(17)24-9-25-19)15-7-11-3-2-4-13(21)16(11)20(28)27(15)12-5-6-12;1-11(25-19-14-7-8-22-18(14)23-10-24-19)16-9-12-3-2-4-15(21)17(12)20(27)26(16)13-5-6-13;1-9(24-16-15-17(23-8-22-16)26-19(21)25-15)13-7-10-3-2-4-12(20)14(10)18(28)27(13)11-5-6-11;1-9(24-17-15-16(23-8-22-15)25-19(21)26-17)13-7-10-3-2-4-12(20)14(10)18(28)27(13)11-5-6-11/h2-4,7-10,12H,5-6H2,1H3,(H2,23,24,25,26);2-4,7-11,13H,5-6H2,1H3,(H2,22,23,24,25);2-4,7-9,11H,5-6H2,1H3,(H2,22,23,24,25,26);2-4,7-9,11H,5-6H2,1H3,(H4,21,22,23,24,25,26)/t10-;11-;2*9-/m0000/s1. The molecule has 111 heavy (non-hydrogen) atoms. The van der Waals surface area contributed by atoms with Gasteiger partial charge in [0.15, 0.2) is 28.7 Å². The van der Waals surface area contributed by atoms with Crippen LogP contribution in [0.25, 0.3) is 87.5 Å². The second-order valence-corrected chi connectivity index (χ2v) is 29.8. The number of pyridine rings is 4. The van der Waals surface area contributed by atoms with Crippen molar-refractivity contribution in [2.75, 3.05) is 27.0 Å². The summed E-state index contributed by atoms with van der Waals surface area (Å²) in [5.41, 5.74) is 12.0. The Kier molecular flexibility index (Phi) is 18.9. The van der Waals surface area contributed by atoms with Gasteiger partial charge in [-0.05, 0) is 155 Å². The normalized spacial score (nSPS) is 15.3. The molecular weight excluding hydrogens is 1500 g/mol. The van der Waals surface area contributed by atoms with E-state index in [1.54, 1.807) is 30.6 Å². The van der Waals surface area contributed by atoms with E-state index in [9.17, 15) is 28.0 Å². The van der Waals surface area contributed by atoms with Crippen molar-refractivity contribution in [1.29, 1.82) is 0 Å². The molecule has 562 valence electrons. The molecule has 0 radical (unpaired) electrons. The maximum Gasteiger partial charge on any atom is 0.289 e. The summed E-state index contributed by atoms with van der Waals surface area (Å²) in [7, 11) is 0. The highest BCUT2D eigenvalue weighted by Crippen LogP contribution is 2.43. The second-order valence-electron chi connectivity index (χ2n) is 28.2. The highest BCUT2D eigenvalue weighted by molar-refractivity contribution is 6.36. The summed E-state index contributed by atoms with van der Waals surface area (Å²) >= 11 is 25.2. The Morgan fingerprint density at radius 2 is 0.829 bits per heavy atom. The van der Waals surface area contributed by atoms with Crippen LogP contribution in [0.15, 0.2) is 160 Å². The molecule has 4 aromatic carbocycles. The maximum absolute atomic E-state index is 14.2. The van der Waals surface area contributed by atoms with Gasteiger partial charge in [-0.15, -0.1) is 0 Å². The second kappa shape index (κ2) is 29.1. The van der Waals surface area contributed by atoms with Crippen LogP contribution in [-0.2, 0) is 0 Å². The molecule has 0 saturated heterocycles. The predicted octanol–water partition coefficient (Wildman–Crippen LogP) is 16.4. The van der Waals surface area contributed by atoms with E-state index in [1.165, 1.54) is 25.2 Å². The number of nitrogens with zero attached hydrogens (tertiary/aromatic N) is 14. The van der Waals surface area contributed by atoms with Gasteiger partial charge in [0.05, 0.1) is 82.9 Å². The molecule has 12 heterocycles. The van der Waals surface area contributed by atoms with E-state index >= 15 is 0 Å². The number of hydrogen-bond acceptors (Lipinski definition) is 19. The summed E-state index contributed by atoms with van der Waals surface area (Å²) < 4.78 is 35.1. The van der Waals surface area contributed by atoms with Crippen molar-refractivity contribution in [2.24, 2.45) is 0 Å². The van der Waals surface area contributed by atoms with Gasteiger partial charge in [-0.2, -0.15) is 19.3 Å². The van der Waals surface area contributed by atoms with Crippen molar-refractivity contribution in [3.8, 4) is 0 Å². The van der Waals surface area contributed by atoms with Gasteiger partial charge in [0.1, 0.15) is 52.9 Å². The molecule has 33 heteroatoms. The molecule has 4 atom stereocenters. The fourth-order valence-electron chi connectivity index (χ4n) is 14.6. The minimum absolute atomic E-state index is 0.0151. The lowest BCUT2D eigenvalue weighted by Crippen LogP contribution is -2.26. The molecule has 27 nitrogen and oxygen atoms in total. The number of hydrogen-bond donors (Lipinski definition) is 9. The molecule has 0 aliphatic heterocycles. The maximum atomic E-state index is 14.2. The number of halogens is 6. The van der Waals surface area contributed by atoms with Crippen molar-refractivity contribution < 1.29 is 8.78 Å². The lowest BCUT2D eigenvalue weighted by molar-refractivity contribution is 0.556. The molecule has 4 fully saturated rings. The Hall–Kier alpha value is -11.9. The van der Waals surface area contributed by atoms with Crippen LogP contribution in [0.1, 0.15) is 150 Å². The largest absolute Gasteiger partial charge is 0.368 e. The average molecular weight is 1570 g/mol. The van der Waals surface area contributed by atoms with Crippen molar-refractivity contribution in [2.45, 2.75) is 127 Å². The third-order valence-corrected chi connectivity index (χ3v) is 21.7. The first kappa shape index (κ1) is 72.0. The zero-order chi connectivity index (χ0) is 76.8. The van der Waals surface area contributed by atoms with Crippen molar-refractivity contribution in [3.05, 3.63) is 237 Å². The third-order valence-electron chi connectivity index (χ3n) is 20.4. The molecule has 4 saturated carbocycles. The lowest BCUT2D eigenvalue weighted by Gasteiger charge is -2.21. The molecule has 16 aromatic rings. The van der Waals surface area contributed by atoms with E-state index in [4.69, 9.17) is 52.1 Å². The van der Waals surface area contributed by atoms with Gasteiger partial charge in [0.25, 0.3) is 28.3 Å². The molecular formula is C78H69Cl4F2N23O4. The topological polar surface area (TPSA) is 354 Å². The number of fused-ring (bicyclic) bond motifs is 8. The molecule has 0 amide bonds. The van der Waals surface area contributed by atoms with Crippen molar-refractivity contribution in [3.63, 3.8) is 0 Å². The summed E-state index contributed by atoms with van der Waals surface area (Å²) in [6.45, 7) is 7.91. The molecule has 4 aliphatic rings. The first-order valence-electron chi connectivity index (χ1n) is 36.2. The third kappa shape index (κ3) is 13.9. The lowest BCUT2D eigenvalue weighted by atomic mass is 10.1. The van der Waals surface area contributed by atoms with E-state index in [-0.39, 0.29) is 82.2 Å². The predicted molar refractivity (Wildman–Crippen MR) is 430 cm³/mol. The monoisotopic (exact) mass is 1570 g/mol. The average Bonchev–Trinajstić information content (AvgIpc) is 1.66. The van der Waals surface area contributed by atoms with Crippen molar-refractivity contribution in [1.82, 2.24) is 88.0 Å². The Morgan fingerprint density at radius 3 is 1.29 bits per heavy atom. The number of imidazole rings is 2. The number of nitrogens with two attached hydrogens (primary N) is 1. The highest BCUT2D eigenvalue weighted by atomic mass is 35.5. The van der Waals surface area contributed by atoms with Crippen LogP contribution in [0.5, 0.6) is 0 Å². The first-order valence-corrected chi connectivity index (χ1v) is 37.7. The number of rotatable bonds is 16. The number of nitrogens with one attached hydrogen (secondary N) is 8. The van der Waals surface area contributed by atoms with E-state index in [2.05, 4.69) is 97.1 Å². The Morgan fingerprint density at radius 1 is 0.432 bits per heavy atom. The van der Waals surface area contributed by atoms with Gasteiger partial charge >= 0.3 is 0 Å². The van der Waals surface area contributed by atoms with Gasteiger partial charge in [0.2, 0.25) is 5.95 Å². The van der Waals surface area contributed by atoms with E-state index in [0.29, 0.717) is 86.8 Å². The molecule has 0 spiro atoms. The van der Waals surface area contributed by atoms with Crippen LogP contribution < -0.4 is 49.2 Å². The quantitative estimate of drug-likeness (QED) is 0.0406. The van der Waals surface area contributed by atoms with Gasteiger partial charge < -0.3 is 65.2 Å². The summed E-state index contributed by atoms with van der Waals surface area (Å²) in [4.78, 5) is 106. The van der Waals surface area contributed by atoms with Crippen LogP contribution in [0.3, 0.4) is 0 Å². The summed E-state index contributed by atoms with van der Waals surface area (Å²) in [6, 6.07) is 31.9. The fraction of sp³-hybridized carbons (Fsp3) is 0.256. The van der Waals surface area contributed by atoms with Gasteiger partial charge in [-0.1, -0.05) is 94.9 Å². The van der Waals surface area contributed by atoms with Crippen LogP contribution in [0.4, 0.5) is 38.0 Å². The Balaban J connectivity index is 0.000000108. The fourth-order valence-corrected chi connectivity index (χ4v) is 15.6. The molecule has 20 rings (SSSR count). The Bertz CT molecular complexity index is 6510. The number of aromatic amines is 4. The van der Waals surface area contributed by atoms with E-state index < -0.39 is 11.9 Å². The summed E-state index contributed by atoms with van der Waals surface area (Å²) in [5, 5.41) is 21.9. The van der Waals surface area contributed by atoms with Crippen LogP contribution in [0, 0.1) is 11.9 Å². The molecule has 4 aliphatic carbocycles. The van der Waals surface area contributed by atoms with E-state index in [1.807, 2.05) is 125 Å². The smallest absolute Gasteiger partial charge is 0.289 e. The van der Waals surface area contributed by atoms with Crippen LogP contribution in [-0.4, -0.2) is 88.0 Å². The number of aromatic nitrogens is 18. The van der Waals surface area contributed by atoms with Crippen LogP contribution >= 0.6 is 46.4 Å². The number of nitrogen functional groups attached to an aromatic ring is 1. The summed E-state index contributed by atoms with van der Waals surface area (Å²) in [6.07, 6.45) is 16.0. The molecule has 0 bridgehead atoms.